The summed E-state index contributed by atoms with van der Waals surface area (Å²) >= 11 is 0. The third-order valence-electron chi connectivity index (χ3n) is 5.58. The number of benzene rings is 2. The Bertz CT molecular complexity index is 868. The van der Waals surface area contributed by atoms with E-state index < -0.39 is 0 Å². The summed E-state index contributed by atoms with van der Waals surface area (Å²) in [7, 11) is 3.96. The molecule has 1 heterocycles. The topological polar surface area (TPSA) is 48.1 Å². The summed E-state index contributed by atoms with van der Waals surface area (Å²) in [5.41, 5.74) is 2.18. The van der Waals surface area contributed by atoms with Crippen LogP contribution in [0.1, 0.15) is 19.4 Å². The standard InChI is InChI=1S/C25H35FN4O2/c1-19-17-30(18-20(2)32-19)24-11-10-22(16-23(24)26)27-25(31)29(15-14-28(3)4)13-12-21-8-6-5-7-9-21/h5-11,16,19-20H,12-15,17-18H2,1-4H3,(H,27,31)/t19-,20-/m1/s1. The van der Waals surface area contributed by atoms with Crippen LogP contribution in [0, 0.1) is 5.82 Å². The van der Waals surface area contributed by atoms with Crippen LogP contribution in [-0.2, 0) is 11.2 Å². The highest BCUT2D eigenvalue weighted by Crippen LogP contribution is 2.26. The highest BCUT2D eigenvalue weighted by molar-refractivity contribution is 5.89. The molecule has 0 aromatic heterocycles. The lowest BCUT2D eigenvalue weighted by Gasteiger charge is -2.37. The van der Waals surface area contributed by atoms with E-state index in [1.165, 1.54) is 11.6 Å². The monoisotopic (exact) mass is 442 g/mol. The Labute approximate surface area is 190 Å². The van der Waals surface area contributed by atoms with Gasteiger partial charge in [0, 0.05) is 38.4 Å². The molecule has 3 rings (SSSR count). The van der Waals surface area contributed by atoms with Crippen molar-refractivity contribution in [3.8, 4) is 0 Å². The molecule has 0 aliphatic carbocycles. The van der Waals surface area contributed by atoms with Gasteiger partial charge in [-0.25, -0.2) is 9.18 Å². The zero-order valence-corrected chi connectivity index (χ0v) is 19.6. The number of hydrogen-bond donors (Lipinski definition) is 1. The summed E-state index contributed by atoms with van der Waals surface area (Å²) in [5.74, 6) is -0.340. The van der Waals surface area contributed by atoms with Crippen molar-refractivity contribution in [3.63, 3.8) is 0 Å². The van der Waals surface area contributed by atoms with E-state index in [-0.39, 0.29) is 24.1 Å². The van der Waals surface area contributed by atoms with Gasteiger partial charge < -0.3 is 24.8 Å². The molecule has 1 saturated heterocycles. The lowest BCUT2D eigenvalue weighted by atomic mass is 10.1. The number of halogens is 1. The molecule has 1 N–H and O–H groups in total. The molecule has 174 valence electrons. The van der Waals surface area contributed by atoms with Gasteiger partial charge in [-0.1, -0.05) is 30.3 Å². The fourth-order valence-corrected chi connectivity index (χ4v) is 3.96. The summed E-state index contributed by atoms with van der Waals surface area (Å²) in [6.07, 6.45) is 0.863. The van der Waals surface area contributed by atoms with Crippen molar-refractivity contribution in [2.45, 2.75) is 32.5 Å². The molecule has 6 nitrogen and oxygen atoms in total. The SMILES string of the molecule is C[C@@H]1CN(c2ccc(NC(=O)N(CCc3ccccc3)CCN(C)C)cc2F)C[C@@H](C)O1. The quantitative estimate of drug-likeness (QED) is 0.669. The predicted molar refractivity (Wildman–Crippen MR) is 128 cm³/mol. The van der Waals surface area contributed by atoms with Crippen molar-refractivity contribution in [1.82, 2.24) is 9.80 Å². The molecule has 32 heavy (non-hydrogen) atoms. The van der Waals surface area contributed by atoms with Gasteiger partial charge in [0.05, 0.1) is 17.9 Å². The summed E-state index contributed by atoms with van der Waals surface area (Å²) in [4.78, 5) is 18.8. The van der Waals surface area contributed by atoms with E-state index in [0.29, 0.717) is 37.6 Å². The second kappa shape index (κ2) is 11.3. The van der Waals surface area contributed by atoms with E-state index in [2.05, 4.69) is 17.4 Å². The number of likely N-dealkylation sites (N-methyl/N-ethyl adjacent to an activating group) is 1. The molecular weight excluding hydrogens is 407 g/mol. The van der Waals surface area contributed by atoms with Crippen LogP contribution in [0.5, 0.6) is 0 Å². The Morgan fingerprint density at radius 2 is 1.75 bits per heavy atom. The summed E-state index contributed by atoms with van der Waals surface area (Å²) in [6, 6.07) is 14.8. The first-order valence-electron chi connectivity index (χ1n) is 11.3. The molecule has 2 aromatic rings. The number of carbonyl (C=O) groups excluding carboxylic acids is 1. The number of nitrogens with zero attached hydrogens (tertiary/aromatic N) is 3. The minimum atomic E-state index is -0.340. The average Bonchev–Trinajstić information content (AvgIpc) is 2.73. The molecule has 1 fully saturated rings. The molecule has 2 aromatic carbocycles. The number of rotatable bonds is 8. The predicted octanol–water partition coefficient (Wildman–Crippen LogP) is 4.08. The first kappa shape index (κ1) is 24.0. The largest absolute Gasteiger partial charge is 0.372 e. The maximum absolute atomic E-state index is 14.9. The van der Waals surface area contributed by atoms with Crippen molar-refractivity contribution >= 4 is 17.4 Å². The van der Waals surface area contributed by atoms with Crippen LogP contribution in [0.3, 0.4) is 0 Å². The highest BCUT2D eigenvalue weighted by Gasteiger charge is 2.24. The maximum atomic E-state index is 14.9. The van der Waals surface area contributed by atoms with Crippen molar-refractivity contribution in [3.05, 3.63) is 59.9 Å². The molecule has 1 aliphatic heterocycles. The number of nitrogens with one attached hydrogen (secondary N) is 1. The third-order valence-corrected chi connectivity index (χ3v) is 5.58. The van der Waals surface area contributed by atoms with Gasteiger partial charge in [-0.2, -0.15) is 0 Å². The average molecular weight is 443 g/mol. The van der Waals surface area contributed by atoms with E-state index in [1.54, 1.807) is 17.0 Å². The minimum Gasteiger partial charge on any atom is -0.372 e. The molecule has 2 amide bonds. The molecule has 1 aliphatic rings. The molecule has 0 bridgehead atoms. The van der Waals surface area contributed by atoms with Gasteiger partial charge in [-0.3, -0.25) is 0 Å². The Morgan fingerprint density at radius 1 is 1.06 bits per heavy atom. The van der Waals surface area contributed by atoms with E-state index in [9.17, 15) is 9.18 Å². The second-order valence-electron chi connectivity index (χ2n) is 8.78. The number of ether oxygens (including phenoxy) is 1. The summed E-state index contributed by atoms with van der Waals surface area (Å²) < 4.78 is 20.7. The van der Waals surface area contributed by atoms with Gasteiger partial charge in [0.1, 0.15) is 5.82 Å². The van der Waals surface area contributed by atoms with Crippen molar-refractivity contribution in [2.75, 3.05) is 57.0 Å². The van der Waals surface area contributed by atoms with E-state index in [0.717, 1.165) is 13.0 Å². The van der Waals surface area contributed by atoms with E-state index in [4.69, 9.17) is 4.74 Å². The third kappa shape index (κ3) is 6.93. The molecular formula is C25H35FN4O2. The number of urea groups is 1. The number of anilines is 2. The van der Waals surface area contributed by atoms with E-state index >= 15 is 0 Å². The number of amides is 2. The molecule has 0 saturated carbocycles. The van der Waals surface area contributed by atoms with Gasteiger partial charge in [0.15, 0.2) is 0 Å². The second-order valence-corrected chi connectivity index (χ2v) is 8.78. The Hall–Kier alpha value is -2.64. The van der Waals surface area contributed by atoms with Gasteiger partial charge in [0.2, 0.25) is 0 Å². The lowest BCUT2D eigenvalue weighted by Crippen LogP contribution is -2.45. The van der Waals surface area contributed by atoms with Gasteiger partial charge in [-0.15, -0.1) is 0 Å². The van der Waals surface area contributed by atoms with E-state index in [1.807, 2.05) is 55.9 Å². The Kier molecular flexibility index (Phi) is 8.47. The van der Waals surface area contributed by atoms with Crippen molar-refractivity contribution < 1.29 is 13.9 Å². The minimum absolute atomic E-state index is 0.0485. The fraction of sp³-hybridized carbons (Fsp3) is 0.480. The van der Waals surface area contributed by atoms with Crippen LogP contribution in [0.2, 0.25) is 0 Å². The molecule has 7 heteroatoms. The summed E-state index contributed by atoms with van der Waals surface area (Å²) in [5, 5.41) is 2.88. The number of hydrogen-bond acceptors (Lipinski definition) is 4. The molecule has 2 atom stereocenters. The van der Waals surface area contributed by atoms with Crippen LogP contribution in [0.15, 0.2) is 48.5 Å². The van der Waals surface area contributed by atoms with Gasteiger partial charge in [-0.05, 0) is 58.1 Å². The first-order chi connectivity index (χ1) is 15.3. The number of morpholine rings is 1. The molecule has 0 spiro atoms. The van der Waals surface area contributed by atoms with Crippen molar-refractivity contribution in [2.24, 2.45) is 0 Å². The first-order valence-corrected chi connectivity index (χ1v) is 11.3. The number of carbonyl (C=O) groups is 1. The highest BCUT2D eigenvalue weighted by atomic mass is 19.1. The maximum Gasteiger partial charge on any atom is 0.321 e. The van der Waals surface area contributed by atoms with Crippen LogP contribution in [-0.4, -0.2) is 74.9 Å². The van der Waals surface area contributed by atoms with Crippen LogP contribution in [0.25, 0.3) is 0 Å². The van der Waals surface area contributed by atoms with Crippen molar-refractivity contribution in [1.29, 1.82) is 0 Å². The van der Waals surface area contributed by atoms with Gasteiger partial charge in [0.25, 0.3) is 0 Å². The normalized spacial score (nSPS) is 18.6. The molecule has 0 radical (unpaired) electrons. The fourth-order valence-electron chi connectivity index (χ4n) is 3.96. The van der Waals surface area contributed by atoms with Crippen LogP contribution < -0.4 is 10.2 Å². The summed E-state index contributed by atoms with van der Waals surface area (Å²) in [6.45, 7) is 7.21. The zero-order chi connectivity index (χ0) is 23.1. The van der Waals surface area contributed by atoms with Crippen LogP contribution in [0.4, 0.5) is 20.6 Å². The smallest absolute Gasteiger partial charge is 0.321 e. The lowest BCUT2D eigenvalue weighted by molar-refractivity contribution is -0.00539. The zero-order valence-electron chi connectivity index (χ0n) is 19.6. The van der Waals surface area contributed by atoms with Gasteiger partial charge >= 0.3 is 6.03 Å². The Balaban J connectivity index is 1.65. The van der Waals surface area contributed by atoms with Crippen LogP contribution >= 0.6 is 0 Å². The molecule has 0 unspecified atom stereocenters. The Morgan fingerprint density at radius 3 is 2.38 bits per heavy atom.